The van der Waals surface area contributed by atoms with Crippen LogP contribution in [-0.2, 0) is 0 Å². The number of amides is 1. The normalized spacial score (nSPS) is 14.4. The zero-order valence-electron chi connectivity index (χ0n) is 11.2. The van der Waals surface area contributed by atoms with Crippen LogP contribution in [0.3, 0.4) is 0 Å². The van der Waals surface area contributed by atoms with E-state index in [-0.39, 0.29) is 20.6 Å². The first-order valence-corrected chi connectivity index (χ1v) is 8.11. The van der Waals surface area contributed by atoms with E-state index in [9.17, 15) is 4.79 Å². The minimum atomic E-state index is 0.170. The number of quaternary nitrogens is 1. The van der Waals surface area contributed by atoms with Crippen molar-refractivity contribution in [2.75, 3.05) is 19.6 Å². The summed E-state index contributed by atoms with van der Waals surface area (Å²) in [6.07, 6.45) is 0. The van der Waals surface area contributed by atoms with Crippen LogP contribution in [0.25, 0.3) is 0 Å². The zero-order valence-corrected chi connectivity index (χ0v) is 12.9. The molecule has 0 spiro atoms. The van der Waals surface area contributed by atoms with Gasteiger partial charge in [0, 0.05) is 0 Å². The maximum absolute atomic E-state index is 12.3. The number of carbonyl (C=O) groups excluding carboxylic acids is 1. The van der Waals surface area contributed by atoms with Gasteiger partial charge in [0.15, 0.2) is 0 Å². The van der Waals surface area contributed by atoms with Crippen molar-refractivity contribution in [2.45, 2.75) is 20.8 Å². The van der Waals surface area contributed by atoms with E-state index in [1.54, 1.807) is 0 Å². The maximum atomic E-state index is 12.3. The number of rotatable bonds is 5. The van der Waals surface area contributed by atoms with Gasteiger partial charge in [-0.15, -0.1) is 0 Å². The third-order valence-corrected chi connectivity index (χ3v) is 6.01. The average Bonchev–Trinajstić information content (AvgIpc) is 3.23. The summed E-state index contributed by atoms with van der Waals surface area (Å²) >= 11 is 0.245. The molecular formula is C14H20N2OSe+. The van der Waals surface area contributed by atoms with Crippen molar-refractivity contribution in [1.82, 2.24) is 3.92 Å². The van der Waals surface area contributed by atoms with E-state index in [0.717, 1.165) is 29.7 Å². The van der Waals surface area contributed by atoms with E-state index in [1.165, 1.54) is 4.67 Å². The first kappa shape index (κ1) is 13.5. The van der Waals surface area contributed by atoms with Gasteiger partial charge in [0.1, 0.15) is 0 Å². The third-order valence-electron chi connectivity index (χ3n) is 3.74. The van der Waals surface area contributed by atoms with Gasteiger partial charge < -0.3 is 0 Å². The molecule has 0 fully saturated rings. The van der Waals surface area contributed by atoms with E-state index in [0.29, 0.717) is 0 Å². The fourth-order valence-corrected chi connectivity index (χ4v) is 4.61. The second-order valence-corrected chi connectivity index (χ2v) is 6.35. The van der Waals surface area contributed by atoms with Crippen molar-refractivity contribution in [3.05, 3.63) is 35.9 Å². The van der Waals surface area contributed by atoms with Crippen LogP contribution in [0, 0.1) is 0 Å². The molecule has 1 aromatic rings. The molecule has 4 heteroatoms. The van der Waals surface area contributed by atoms with Crippen LogP contribution in [0.4, 0.5) is 0 Å². The van der Waals surface area contributed by atoms with Gasteiger partial charge in [-0.05, 0) is 0 Å². The zero-order chi connectivity index (χ0) is 13.2. The molecule has 1 radical (unpaired) electrons. The first-order chi connectivity index (χ1) is 8.68. The predicted molar refractivity (Wildman–Crippen MR) is 75.3 cm³/mol. The summed E-state index contributed by atoms with van der Waals surface area (Å²) in [4.78, 5) is 12.3. The SMILES string of the molecule is CC[N+](CC)(CC)C1=[Se]N1C(=O)c1ccccc1. The second-order valence-electron chi connectivity index (χ2n) is 4.43. The van der Waals surface area contributed by atoms with Crippen molar-refractivity contribution in [1.29, 1.82) is 0 Å². The van der Waals surface area contributed by atoms with Crippen LogP contribution in [-0.4, -0.2) is 53.3 Å². The van der Waals surface area contributed by atoms with Crippen molar-refractivity contribution in [3.8, 4) is 0 Å². The Balaban J connectivity index is 2.11. The number of carbonyl (C=O) groups is 1. The quantitative estimate of drug-likeness (QED) is 0.599. The molecule has 0 aliphatic carbocycles. The number of benzene rings is 1. The summed E-state index contributed by atoms with van der Waals surface area (Å²) in [6, 6.07) is 9.58. The molecule has 0 aromatic heterocycles. The molecule has 0 unspecified atom stereocenters. The Bertz CT molecular complexity index is 458. The Morgan fingerprint density at radius 2 is 1.67 bits per heavy atom. The molecule has 2 rings (SSSR count). The van der Waals surface area contributed by atoms with Gasteiger partial charge in [0.2, 0.25) is 0 Å². The minimum absolute atomic E-state index is 0.170. The molecular weight excluding hydrogens is 291 g/mol. The summed E-state index contributed by atoms with van der Waals surface area (Å²) in [5.41, 5.74) is 0.802. The van der Waals surface area contributed by atoms with Gasteiger partial charge >= 0.3 is 115 Å². The van der Waals surface area contributed by atoms with Gasteiger partial charge in [0.25, 0.3) is 0 Å². The Labute approximate surface area is 115 Å². The van der Waals surface area contributed by atoms with E-state index in [1.807, 2.05) is 34.2 Å². The van der Waals surface area contributed by atoms with E-state index < -0.39 is 0 Å². The van der Waals surface area contributed by atoms with E-state index in [2.05, 4.69) is 20.8 Å². The fraction of sp³-hybridized carbons (Fsp3) is 0.429. The van der Waals surface area contributed by atoms with Crippen LogP contribution in [0.15, 0.2) is 30.3 Å². The first-order valence-electron chi connectivity index (χ1n) is 6.49. The molecule has 0 N–H and O–H groups in total. The van der Waals surface area contributed by atoms with Gasteiger partial charge in [0.05, 0.1) is 0 Å². The Morgan fingerprint density at radius 3 is 2.17 bits per heavy atom. The fourth-order valence-electron chi connectivity index (χ4n) is 2.24. The number of nitrogens with zero attached hydrogens (tertiary/aromatic N) is 2. The standard InChI is InChI=1S/C14H20N2OSe/c1-4-16(5-2,6-3)14-15(18-14)13(17)12-10-8-7-9-11-12/h7-11H,4-6H2,1-3H3/q+1. The predicted octanol–water partition coefficient (Wildman–Crippen LogP) is 1.73. The third kappa shape index (κ3) is 2.28. The molecule has 0 bridgehead atoms. The summed E-state index contributed by atoms with van der Waals surface area (Å²) in [6.45, 7) is 9.84. The molecule has 1 aromatic carbocycles. The van der Waals surface area contributed by atoms with Gasteiger partial charge in [-0.3, -0.25) is 0 Å². The van der Waals surface area contributed by atoms with E-state index >= 15 is 0 Å². The summed E-state index contributed by atoms with van der Waals surface area (Å²) in [5.74, 6) is 0.170. The summed E-state index contributed by atoms with van der Waals surface area (Å²) < 4.78 is 4.29. The van der Waals surface area contributed by atoms with Crippen LogP contribution < -0.4 is 0 Å². The molecule has 1 amide bonds. The van der Waals surface area contributed by atoms with Crippen molar-refractivity contribution >= 4 is 25.3 Å². The van der Waals surface area contributed by atoms with Gasteiger partial charge in [-0.25, -0.2) is 0 Å². The second kappa shape index (κ2) is 5.35. The van der Waals surface area contributed by atoms with Crippen molar-refractivity contribution < 1.29 is 9.28 Å². The van der Waals surface area contributed by atoms with Crippen LogP contribution in [0.2, 0.25) is 0 Å². The molecule has 1 aliphatic rings. The summed E-state index contributed by atoms with van der Waals surface area (Å²) in [7, 11) is 0. The summed E-state index contributed by atoms with van der Waals surface area (Å²) in [5, 5.41) is 0. The average molecular weight is 311 g/mol. The molecule has 0 saturated carbocycles. The van der Waals surface area contributed by atoms with Crippen LogP contribution in [0.5, 0.6) is 0 Å². The topological polar surface area (TPSA) is 20.1 Å². The Hall–Kier alpha value is -0.961. The molecule has 3 nitrogen and oxygen atoms in total. The monoisotopic (exact) mass is 312 g/mol. The molecule has 1 aliphatic heterocycles. The van der Waals surface area contributed by atoms with Gasteiger partial charge in [-0.1, -0.05) is 0 Å². The van der Waals surface area contributed by atoms with Crippen LogP contribution in [0.1, 0.15) is 31.1 Å². The Morgan fingerprint density at radius 1 is 1.11 bits per heavy atom. The molecule has 1 heterocycles. The van der Waals surface area contributed by atoms with Gasteiger partial charge in [-0.2, -0.15) is 0 Å². The number of hydrogen-bond donors (Lipinski definition) is 0. The molecule has 18 heavy (non-hydrogen) atoms. The van der Waals surface area contributed by atoms with E-state index in [4.69, 9.17) is 0 Å². The van der Waals surface area contributed by atoms with Crippen LogP contribution >= 0.6 is 0 Å². The molecule has 0 atom stereocenters. The van der Waals surface area contributed by atoms with Crippen molar-refractivity contribution in [2.24, 2.45) is 0 Å². The molecule has 0 saturated heterocycles. The van der Waals surface area contributed by atoms with Crippen molar-refractivity contribution in [3.63, 3.8) is 0 Å². The molecule has 97 valence electrons. The number of hydrogen-bond acceptors (Lipinski definition) is 1. The Kier molecular flexibility index (Phi) is 4.00.